The van der Waals surface area contributed by atoms with Crippen molar-refractivity contribution in [1.82, 2.24) is 4.72 Å². The van der Waals surface area contributed by atoms with Gasteiger partial charge in [-0.2, -0.15) is 0 Å². The van der Waals surface area contributed by atoms with Crippen LogP contribution < -0.4 is 4.72 Å². The first kappa shape index (κ1) is 15.2. The van der Waals surface area contributed by atoms with Crippen LogP contribution in [0.1, 0.15) is 46.6 Å². The van der Waals surface area contributed by atoms with Crippen LogP contribution in [-0.2, 0) is 15.4 Å². The zero-order valence-corrected chi connectivity index (χ0v) is 12.6. The molecule has 0 aromatic heterocycles. The van der Waals surface area contributed by atoms with E-state index in [4.69, 9.17) is 0 Å². The number of hydrogen-bond acceptors (Lipinski definition) is 2. The lowest BCUT2D eigenvalue weighted by Gasteiger charge is -2.19. The molecule has 1 aromatic carbocycles. The molecule has 18 heavy (non-hydrogen) atoms. The molecular weight excluding hydrogens is 246 g/mol. The smallest absolute Gasteiger partial charge is 0.208 e. The second-order valence-electron chi connectivity index (χ2n) is 5.70. The van der Waals surface area contributed by atoms with Crippen LogP contribution >= 0.6 is 0 Å². The van der Waals surface area contributed by atoms with Gasteiger partial charge in [0.15, 0.2) is 0 Å². The van der Waals surface area contributed by atoms with E-state index in [-0.39, 0.29) is 11.5 Å². The fourth-order valence-electron chi connectivity index (χ4n) is 1.55. The Morgan fingerprint density at radius 1 is 1.17 bits per heavy atom. The number of rotatable bonds is 4. The van der Waals surface area contributed by atoms with Gasteiger partial charge in [0.25, 0.3) is 0 Å². The van der Waals surface area contributed by atoms with Crippen molar-refractivity contribution >= 4 is 10.0 Å². The van der Waals surface area contributed by atoms with E-state index in [9.17, 15) is 8.42 Å². The van der Waals surface area contributed by atoms with Crippen LogP contribution in [0.2, 0.25) is 0 Å². The molecule has 0 aliphatic rings. The van der Waals surface area contributed by atoms with Crippen molar-refractivity contribution in [3.63, 3.8) is 0 Å². The topological polar surface area (TPSA) is 46.2 Å². The fraction of sp³-hybridized carbons (Fsp3) is 0.571. The second kappa shape index (κ2) is 5.41. The van der Waals surface area contributed by atoms with Crippen LogP contribution in [0.3, 0.4) is 0 Å². The molecule has 1 rings (SSSR count). The molecule has 0 heterocycles. The van der Waals surface area contributed by atoms with Gasteiger partial charge in [-0.05, 0) is 36.5 Å². The Hall–Kier alpha value is -0.870. The number of nitrogens with one attached hydrogen (secondary N) is 1. The van der Waals surface area contributed by atoms with Gasteiger partial charge >= 0.3 is 0 Å². The molecule has 1 atom stereocenters. The Morgan fingerprint density at radius 2 is 1.67 bits per heavy atom. The molecule has 0 aliphatic heterocycles. The highest BCUT2D eigenvalue weighted by molar-refractivity contribution is 7.89. The predicted molar refractivity (Wildman–Crippen MR) is 75.2 cm³/mol. The molecule has 0 amide bonds. The first-order valence-electron chi connectivity index (χ1n) is 6.29. The highest BCUT2D eigenvalue weighted by Gasteiger charge is 2.18. The molecule has 4 heteroatoms. The summed E-state index contributed by atoms with van der Waals surface area (Å²) in [7, 11) is -3.38. The molecule has 1 unspecified atom stereocenters. The Labute approximate surface area is 111 Å². The van der Waals surface area contributed by atoms with Gasteiger partial charge in [-0.25, -0.2) is 13.1 Å². The van der Waals surface area contributed by atoms with E-state index in [0.717, 1.165) is 12.0 Å². The minimum atomic E-state index is -3.38. The zero-order valence-electron chi connectivity index (χ0n) is 11.8. The number of benzene rings is 1. The van der Waals surface area contributed by atoms with Crippen molar-refractivity contribution in [1.29, 1.82) is 0 Å². The third-order valence-electron chi connectivity index (χ3n) is 3.00. The van der Waals surface area contributed by atoms with E-state index in [1.165, 1.54) is 0 Å². The van der Waals surface area contributed by atoms with Gasteiger partial charge in [-0.3, -0.25) is 0 Å². The van der Waals surface area contributed by atoms with Crippen LogP contribution in [0, 0.1) is 0 Å². The van der Waals surface area contributed by atoms with Gasteiger partial charge in [0.2, 0.25) is 10.0 Å². The van der Waals surface area contributed by atoms with E-state index < -0.39 is 10.0 Å². The highest BCUT2D eigenvalue weighted by Crippen LogP contribution is 2.23. The maximum Gasteiger partial charge on any atom is 0.240 e. The first-order chi connectivity index (χ1) is 8.16. The lowest BCUT2D eigenvalue weighted by Crippen LogP contribution is -2.32. The van der Waals surface area contributed by atoms with Gasteiger partial charge in [-0.15, -0.1) is 0 Å². The highest BCUT2D eigenvalue weighted by atomic mass is 32.2. The molecule has 0 bridgehead atoms. The van der Waals surface area contributed by atoms with Gasteiger partial charge < -0.3 is 0 Å². The SMILES string of the molecule is CCC(C)NS(=O)(=O)c1ccc(C(C)(C)C)cc1. The summed E-state index contributed by atoms with van der Waals surface area (Å²) in [5, 5.41) is 0. The van der Waals surface area contributed by atoms with Crippen molar-refractivity contribution in [3.05, 3.63) is 29.8 Å². The average Bonchev–Trinajstić information content (AvgIpc) is 2.27. The van der Waals surface area contributed by atoms with Crippen LogP contribution in [-0.4, -0.2) is 14.5 Å². The summed E-state index contributed by atoms with van der Waals surface area (Å²) >= 11 is 0. The number of hydrogen-bond donors (Lipinski definition) is 1. The van der Waals surface area contributed by atoms with E-state index in [0.29, 0.717) is 4.90 Å². The van der Waals surface area contributed by atoms with E-state index in [2.05, 4.69) is 25.5 Å². The lowest BCUT2D eigenvalue weighted by atomic mass is 9.87. The molecule has 0 spiro atoms. The molecular formula is C14H23NO2S. The minimum Gasteiger partial charge on any atom is -0.208 e. The standard InChI is InChI=1S/C14H23NO2S/c1-6-11(2)15-18(16,17)13-9-7-12(8-10-13)14(3,4)5/h7-11,15H,6H2,1-5H3. The third kappa shape index (κ3) is 3.82. The molecule has 102 valence electrons. The van der Waals surface area contributed by atoms with Crippen molar-refractivity contribution in [2.45, 2.75) is 57.4 Å². The molecule has 1 N–H and O–H groups in total. The predicted octanol–water partition coefficient (Wildman–Crippen LogP) is 3.06. The van der Waals surface area contributed by atoms with Gasteiger partial charge in [0.1, 0.15) is 0 Å². The largest absolute Gasteiger partial charge is 0.240 e. The van der Waals surface area contributed by atoms with E-state index in [1.54, 1.807) is 12.1 Å². The Morgan fingerprint density at radius 3 is 2.06 bits per heavy atom. The van der Waals surface area contributed by atoms with Crippen molar-refractivity contribution < 1.29 is 8.42 Å². The van der Waals surface area contributed by atoms with Gasteiger partial charge in [0, 0.05) is 6.04 Å². The van der Waals surface area contributed by atoms with Crippen LogP contribution in [0.5, 0.6) is 0 Å². The summed E-state index contributed by atoms with van der Waals surface area (Å²) in [4.78, 5) is 0.329. The maximum atomic E-state index is 12.1. The van der Waals surface area contributed by atoms with Crippen LogP contribution in [0.25, 0.3) is 0 Å². The quantitative estimate of drug-likeness (QED) is 0.913. The van der Waals surface area contributed by atoms with Crippen molar-refractivity contribution in [3.8, 4) is 0 Å². The van der Waals surface area contributed by atoms with E-state index in [1.807, 2.05) is 26.0 Å². The molecule has 1 aromatic rings. The zero-order chi connectivity index (χ0) is 14.0. The second-order valence-corrected chi connectivity index (χ2v) is 7.42. The third-order valence-corrected chi connectivity index (χ3v) is 4.60. The fourth-order valence-corrected chi connectivity index (χ4v) is 2.88. The first-order valence-corrected chi connectivity index (χ1v) is 7.78. The summed E-state index contributed by atoms with van der Waals surface area (Å²) in [6.45, 7) is 10.1. The molecule has 0 fully saturated rings. The van der Waals surface area contributed by atoms with Gasteiger partial charge in [0.05, 0.1) is 4.90 Å². The monoisotopic (exact) mass is 269 g/mol. The Balaban J connectivity index is 2.98. The average molecular weight is 269 g/mol. The summed E-state index contributed by atoms with van der Waals surface area (Å²) in [5.41, 5.74) is 1.16. The van der Waals surface area contributed by atoms with Crippen LogP contribution in [0.15, 0.2) is 29.2 Å². The summed E-state index contributed by atoms with van der Waals surface area (Å²) in [6, 6.07) is 7.06. The molecule has 0 aliphatic carbocycles. The lowest BCUT2D eigenvalue weighted by molar-refractivity contribution is 0.555. The Bertz CT molecular complexity index is 484. The van der Waals surface area contributed by atoms with Crippen LogP contribution in [0.4, 0.5) is 0 Å². The maximum absolute atomic E-state index is 12.1. The minimum absolute atomic E-state index is 0.0342. The molecule has 0 saturated heterocycles. The normalized spacial score (nSPS) is 14.5. The van der Waals surface area contributed by atoms with Crippen molar-refractivity contribution in [2.24, 2.45) is 0 Å². The van der Waals surface area contributed by atoms with Gasteiger partial charge in [-0.1, -0.05) is 39.8 Å². The number of sulfonamides is 1. The summed E-state index contributed by atoms with van der Waals surface area (Å²) in [5.74, 6) is 0. The summed E-state index contributed by atoms with van der Waals surface area (Å²) in [6.07, 6.45) is 0.777. The summed E-state index contributed by atoms with van der Waals surface area (Å²) < 4.78 is 26.8. The Kier molecular flexibility index (Phi) is 4.56. The molecule has 0 radical (unpaired) electrons. The molecule has 3 nitrogen and oxygen atoms in total. The van der Waals surface area contributed by atoms with Crippen molar-refractivity contribution in [2.75, 3.05) is 0 Å². The molecule has 0 saturated carbocycles. The van der Waals surface area contributed by atoms with E-state index >= 15 is 0 Å².